The van der Waals surface area contributed by atoms with E-state index in [2.05, 4.69) is 4.90 Å². The molecule has 1 aliphatic heterocycles. The van der Waals surface area contributed by atoms with Crippen molar-refractivity contribution in [1.82, 2.24) is 0 Å². The SMILES string of the molecule is CC1(O)CCCN(c2ccc(Cl)cc2CO)C1. The van der Waals surface area contributed by atoms with E-state index < -0.39 is 5.60 Å². The highest BCUT2D eigenvalue weighted by Gasteiger charge is 2.29. The molecular formula is C13H18ClNO2. The first-order valence-corrected chi connectivity index (χ1v) is 6.26. The van der Waals surface area contributed by atoms with E-state index in [0.29, 0.717) is 11.6 Å². The molecule has 0 amide bonds. The molecular weight excluding hydrogens is 238 g/mol. The van der Waals surface area contributed by atoms with Gasteiger partial charge in [-0.05, 0) is 38.0 Å². The van der Waals surface area contributed by atoms with Gasteiger partial charge in [0.15, 0.2) is 0 Å². The Bertz CT molecular complexity index is 406. The summed E-state index contributed by atoms with van der Waals surface area (Å²) in [6.07, 6.45) is 1.78. The molecule has 0 spiro atoms. The molecule has 0 aliphatic carbocycles. The molecule has 1 atom stereocenters. The van der Waals surface area contributed by atoms with E-state index in [0.717, 1.165) is 30.6 Å². The maximum absolute atomic E-state index is 10.1. The number of aliphatic hydroxyl groups is 2. The van der Waals surface area contributed by atoms with E-state index in [4.69, 9.17) is 11.6 Å². The molecule has 0 aromatic heterocycles. The van der Waals surface area contributed by atoms with E-state index in [9.17, 15) is 10.2 Å². The topological polar surface area (TPSA) is 43.7 Å². The van der Waals surface area contributed by atoms with Crippen molar-refractivity contribution in [1.29, 1.82) is 0 Å². The Morgan fingerprint density at radius 3 is 2.88 bits per heavy atom. The highest BCUT2D eigenvalue weighted by molar-refractivity contribution is 6.30. The van der Waals surface area contributed by atoms with Crippen LogP contribution in [0.4, 0.5) is 5.69 Å². The minimum Gasteiger partial charge on any atom is -0.392 e. The van der Waals surface area contributed by atoms with Crippen LogP contribution in [0.1, 0.15) is 25.3 Å². The molecule has 1 aromatic carbocycles. The van der Waals surface area contributed by atoms with Crippen LogP contribution in [-0.2, 0) is 6.61 Å². The van der Waals surface area contributed by atoms with Crippen LogP contribution in [0.5, 0.6) is 0 Å². The minimum atomic E-state index is -0.648. The summed E-state index contributed by atoms with van der Waals surface area (Å²) >= 11 is 5.91. The molecule has 1 fully saturated rings. The maximum atomic E-state index is 10.1. The van der Waals surface area contributed by atoms with Crippen molar-refractivity contribution < 1.29 is 10.2 Å². The quantitative estimate of drug-likeness (QED) is 0.851. The maximum Gasteiger partial charge on any atom is 0.0794 e. The molecule has 2 N–H and O–H groups in total. The third-order valence-electron chi connectivity index (χ3n) is 3.23. The standard InChI is InChI=1S/C13H18ClNO2/c1-13(17)5-2-6-15(9-13)12-4-3-11(14)7-10(12)8-16/h3-4,7,16-17H,2,5-6,8-9H2,1H3. The molecule has 1 heterocycles. The number of benzene rings is 1. The Morgan fingerprint density at radius 2 is 2.24 bits per heavy atom. The van der Waals surface area contributed by atoms with Crippen molar-refractivity contribution in [3.63, 3.8) is 0 Å². The molecule has 1 unspecified atom stereocenters. The fourth-order valence-electron chi connectivity index (χ4n) is 2.41. The number of anilines is 1. The van der Waals surface area contributed by atoms with Crippen LogP contribution in [-0.4, -0.2) is 28.9 Å². The molecule has 2 rings (SSSR count). The molecule has 94 valence electrons. The van der Waals surface area contributed by atoms with Gasteiger partial charge in [0.2, 0.25) is 0 Å². The molecule has 1 aliphatic rings. The monoisotopic (exact) mass is 255 g/mol. The Kier molecular flexibility index (Phi) is 3.61. The smallest absolute Gasteiger partial charge is 0.0794 e. The summed E-state index contributed by atoms with van der Waals surface area (Å²) in [4.78, 5) is 2.12. The van der Waals surface area contributed by atoms with Crippen LogP contribution in [0.25, 0.3) is 0 Å². The molecule has 0 radical (unpaired) electrons. The van der Waals surface area contributed by atoms with Crippen LogP contribution in [0.3, 0.4) is 0 Å². The van der Waals surface area contributed by atoms with Crippen molar-refractivity contribution in [2.24, 2.45) is 0 Å². The second-order valence-electron chi connectivity index (χ2n) is 4.95. The Hall–Kier alpha value is -0.770. The van der Waals surface area contributed by atoms with Crippen LogP contribution in [0, 0.1) is 0 Å². The normalized spacial score (nSPS) is 25.1. The Labute approximate surface area is 107 Å². The first-order valence-electron chi connectivity index (χ1n) is 5.88. The van der Waals surface area contributed by atoms with Gasteiger partial charge < -0.3 is 15.1 Å². The zero-order valence-corrected chi connectivity index (χ0v) is 10.7. The lowest BCUT2D eigenvalue weighted by Crippen LogP contribution is -2.46. The summed E-state index contributed by atoms with van der Waals surface area (Å²) in [5.74, 6) is 0. The van der Waals surface area contributed by atoms with Gasteiger partial charge in [0.25, 0.3) is 0 Å². The third-order valence-corrected chi connectivity index (χ3v) is 3.46. The summed E-state index contributed by atoms with van der Waals surface area (Å²) < 4.78 is 0. The van der Waals surface area contributed by atoms with Gasteiger partial charge in [-0.3, -0.25) is 0 Å². The van der Waals surface area contributed by atoms with Crippen LogP contribution in [0.15, 0.2) is 18.2 Å². The lowest BCUT2D eigenvalue weighted by molar-refractivity contribution is 0.0448. The highest BCUT2D eigenvalue weighted by Crippen LogP contribution is 2.30. The first kappa shape index (κ1) is 12.7. The average molecular weight is 256 g/mol. The van der Waals surface area contributed by atoms with Gasteiger partial charge >= 0.3 is 0 Å². The van der Waals surface area contributed by atoms with Crippen LogP contribution < -0.4 is 4.90 Å². The number of aliphatic hydroxyl groups excluding tert-OH is 1. The number of β-amino-alcohol motifs (C(OH)–C–C–N with tert-alkyl or cyclic N) is 1. The number of rotatable bonds is 2. The van der Waals surface area contributed by atoms with Gasteiger partial charge in [0.05, 0.1) is 12.2 Å². The fourth-order valence-corrected chi connectivity index (χ4v) is 2.61. The van der Waals surface area contributed by atoms with Crippen molar-refractivity contribution >= 4 is 17.3 Å². The summed E-state index contributed by atoms with van der Waals surface area (Å²) in [6, 6.07) is 5.51. The van der Waals surface area contributed by atoms with E-state index in [1.165, 1.54) is 0 Å². The molecule has 0 saturated carbocycles. The summed E-state index contributed by atoms with van der Waals surface area (Å²) in [7, 11) is 0. The number of nitrogens with zero attached hydrogens (tertiary/aromatic N) is 1. The minimum absolute atomic E-state index is 0.0332. The van der Waals surface area contributed by atoms with E-state index in [1.807, 2.05) is 19.1 Å². The van der Waals surface area contributed by atoms with Gasteiger partial charge in [-0.2, -0.15) is 0 Å². The van der Waals surface area contributed by atoms with Crippen molar-refractivity contribution in [2.75, 3.05) is 18.0 Å². The summed E-state index contributed by atoms with van der Waals surface area (Å²) in [5, 5.41) is 20.1. The zero-order valence-electron chi connectivity index (χ0n) is 9.99. The van der Waals surface area contributed by atoms with Gasteiger partial charge in [0, 0.05) is 29.4 Å². The van der Waals surface area contributed by atoms with Crippen LogP contribution in [0.2, 0.25) is 5.02 Å². The van der Waals surface area contributed by atoms with Crippen molar-refractivity contribution in [3.8, 4) is 0 Å². The van der Waals surface area contributed by atoms with Gasteiger partial charge in [-0.25, -0.2) is 0 Å². The Morgan fingerprint density at radius 1 is 1.47 bits per heavy atom. The zero-order chi connectivity index (χ0) is 12.5. The van der Waals surface area contributed by atoms with E-state index in [1.54, 1.807) is 6.07 Å². The Balaban J connectivity index is 2.27. The first-order chi connectivity index (χ1) is 8.02. The molecule has 17 heavy (non-hydrogen) atoms. The van der Waals surface area contributed by atoms with Crippen molar-refractivity contribution in [3.05, 3.63) is 28.8 Å². The lowest BCUT2D eigenvalue weighted by atomic mass is 9.94. The second kappa shape index (κ2) is 4.84. The summed E-state index contributed by atoms with van der Waals surface area (Å²) in [5.41, 5.74) is 1.14. The second-order valence-corrected chi connectivity index (χ2v) is 5.39. The number of hydrogen-bond acceptors (Lipinski definition) is 3. The number of halogens is 1. The molecule has 4 heteroatoms. The number of piperidine rings is 1. The fraction of sp³-hybridized carbons (Fsp3) is 0.538. The van der Waals surface area contributed by atoms with E-state index in [-0.39, 0.29) is 6.61 Å². The number of hydrogen-bond donors (Lipinski definition) is 2. The van der Waals surface area contributed by atoms with Gasteiger partial charge in [-0.1, -0.05) is 11.6 Å². The predicted octanol–water partition coefficient (Wildman–Crippen LogP) is 2.18. The average Bonchev–Trinajstić information content (AvgIpc) is 2.27. The summed E-state index contributed by atoms with van der Waals surface area (Å²) in [6.45, 7) is 3.33. The lowest BCUT2D eigenvalue weighted by Gasteiger charge is -2.39. The molecule has 3 nitrogen and oxygen atoms in total. The van der Waals surface area contributed by atoms with Gasteiger partial charge in [-0.15, -0.1) is 0 Å². The molecule has 0 bridgehead atoms. The van der Waals surface area contributed by atoms with E-state index >= 15 is 0 Å². The van der Waals surface area contributed by atoms with Crippen LogP contribution >= 0.6 is 11.6 Å². The predicted molar refractivity (Wildman–Crippen MR) is 69.4 cm³/mol. The molecule has 1 saturated heterocycles. The van der Waals surface area contributed by atoms with Crippen molar-refractivity contribution in [2.45, 2.75) is 32.0 Å². The third kappa shape index (κ3) is 2.92. The molecule has 1 aromatic rings. The largest absolute Gasteiger partial charge is 0.392 e. The highest BCUT2D eigenvalue weighted by atomic mass is 35.5. The van der Waals surface area contributed by atoms with Gasteiger partial charge in [0.1, 0.15) is 0 Å².